The van der Waals surface area contributed by atoms with E-state index in [9.17, 15) is 4.79 Å². The molecular formula is C18H22ClN3O2. The van der Waals surface area contributed by atoms with Crippen LogP contribution in [0.1, 0.15) is 36.2 Å². The minimum Gasteiger partial charge on any atom is -0.495 e. The average molecular weight is 348 g/mol. The fourth-order valence-electron chi connectivity index (χ4n) is 2.13. The Labute approximate surface area is 147 Å². The van der Waals surface area contributed by atoms with Crippen molar-refractivity contribution in [1.29, 1.82) is 0 Å². The summed E-state index contributed by atoms with van der Waals surface area (Å²) in [5, 5.41) is 6.79. The second kappa shape index (κ2) is 8.02. The number of aromatic nitrogens is 1. The first-order valence-electron chi connectivity index (χ1n) is 7.81. The van der Waals surface area contributed by atoms with E-state index in [1.807, 2.05) is 26.8 Å². The van der Waals surface area contributed by atoms with Gasteiger partial charge in [0.25, 0.3) is 5.91 Å². The summed E-state index contributed by atoms with van der Waals surface area (Å²) >= 11 is 6.12. The number of benzene rings is 1. The van der Waals surface area contributed by atoms with E-state index in [0.717, 1.165) is 17.7 Å². The van der Waals surface area contributed by atoms with Gasteiger partial charge in [0.15, 0.2) is 0 Å². The molecule has 0 saturated carbocycles. The van der Waals surface area contributed by atoms with Crippen molar-refractivity contribution in [1.82, 2.24) is 10.3 Å². The Morgan fingerprint density at radius 2 is 2.08 bits per heavy atom. The van der Waals surface area contributed by atoms with Gasteiger partial charge in [-0.05, 0) is 38.0 Å². The highest BCUT2D eigenvalue weighted by atomic mass is 35.5. The van der Waals surface area contributed by atoms with Crippen molar-refractivity contribution >= 4 is 28.9 Å². The molecular weight excluding hydrogens is 326 g/mol. The highest BCUT2D eigenvalue weighted by Gasteiger charge is 2.11. The van der Waals surface area contributed by atoms with Crippen LogP contribution < -0.4 is 15.4 Å². The smallest absolute Gasteiger partial charge is 0.253 e. The van der Waals surface area contributed by atoms with E-state index in [4.69, 9.17) is 16.3 Å². The van der Waals surface area contributed by atoms with E-state index in [2.05, 4.69) is 15.6 Å². The number of carbonyl (C=O) groups is 1. The number of anilines is 2. The zero-order chi connectivity index (χ0) is 17.7. The summed E-state index contributed by atoms with van der Waals surface area (Å²) in [6.07, 6.45) is 4.08. The molecule has 0 spiro atoms. The fraction of sp³-hybridized carbons (Fsp3) is 0.333. The van der Waals surface area contributed by atoms with Gasteiger partial charge >= 0.3 is 0 Å². The Morgan fingerprint density at radius 3 is 2.75 bits per heavy atom. The number of ether oxygens (including phenoxy) is 1. The van der Waals surface area contributed by atoms with Gasteiger partial charge < -0.3 is 15.4 Å². The molecule has 1 atom stereocenters. The van der Waals surface area contributed by atoms with Crippen LogP contribution in [-0.4, -0.2) is 24.0 Å². The number of nitrogens with one attached hydrogen (secondary N) is 2. The molecule has 1 heterocycles. The minimum atomic E-state index is -0.139. The number of pyridine rings is 1. The van der Waals surface area contributed by atoms with Crippen molar-refractivity contribution in [3.05, 3.63) is 46.7 Å². The molecule has 1 amide bonds. The molecule has 1 aromatic carbocycles. The number of hydrogen-bond acceptors (Lipinski definition) is 4. The molecule has 24 heavy (non-hydrogen) atoms. The van der Waals surface area contributed by atoms with E-state index >= 15 is 0 Å². The molecule has 2 rings (SSSR count). The first-order valence-corrected chi connectivity index (χ1v) is 8.19. The van der Waals surface area contributed by atoms with Gasteiger partial charge in [-0.1, -0.05) is 18.5 Å². The Kier molecular flexibility index (Phi) is 6.04. The summed E-state index contributed by atoms with van der Waals surface area (Å²) in [6.45, 7) is 5.91. The Bertz CT molecular complexity index is 734. The molecule has 0 aliphatic heterocycles. The molecule has 0 fully saturated rings. The van der Waals surface area contributed by atoms with Crippen molar-refractivity contribution in [2.24, 2.45) is 0 Å². The molecule has 5 nitrogen and oxygen atoms in total. The predicted molar refractivity (Wildman–Crippen MR) is 97.5 cm³/mol. The van der Waals surface area contributed by atoms with E-state index in [1.54, 1.807) is 31.6 Å². The third kappa shape index (κ3) is 4.38. The van der Waals surface area contributed by atoms with Gasteiger partial charge in [0.2, 0.25) is 0 Å². The lowest BCUT2D eigenvalue weighted by molar-refractivity contribution is 0.0939. The van der Waals surface area contributed by atoms with Gasteiger partial charge in [-0.15, -0.1) is 0 Å². The molecule has 0 radical (unpaired) electrons. The van der Waals surface area contributed by atoms with Crippen molar-refractivity contribution in [2.75, 3.05) is 12.4 Å². The van der Waals surface area contributed by atoms with Gasteiger partial charge in [0.1, 0.15) is 5.75 Å². The second-order valence-electron chi connectivity index (χ2n) is 5.67. The number of aryl methyl sites for hydroxylation is 1. The van der Waals surface area contributed by atoms with Gasteiger partial charge in [0, 0.05) is 23.3 Å². The number of amides is 1. The number of rotatable bonds is 6. The maximum Gasteiger partial charge on any atom is 0.253 e. The molecule has 2 N–H and O–H groups in total. The zero-order valence-corrected chi connectivity index (χ0v) is 15.1. The summed E-state index contributed by atoms with van der Waals surface area (Å²) in [4.78, 5) is 16.4. The molecule has 0 aliphatic rings. The van der Waals surface area contributed by atoms with Crippen molar-refractivity contribution in [3.63, 3.8) is 0 Å². The monoisotopic (exact) mass is 347 g/mol. The summed E-state index contributed by atoms with van der Waals surface area (Å²) in [6, 6.07) is 5.53. The lowest BCUT2D eigenvalue weighted by atomic mass is 10.2. The van der Waals surface area contributed by atoms with Crippen LogP contribution in [0.4, 0.5) is 11.4 Å². The van der Waals surface area contributed by atoms with Crippen LogP contribution in [0, 0.1) is 6.92 Å². The highest BCUT2D eigenvalue weighted by molar-refractivity contribution is 6.31. The maximum absolute atomic E-state index is 12.2. The van der Waals surface area contributed by atoms with E-state index in [1.165, 1.54) is 0 Å². The number of halogens is 1. The number of hydrogen-bond donors (Lipinski definition) is 2. The quantitative estimate of drug-likeness (QED) is 0.816. The summed E-state index contributed by atoms with van der Waals surface area (Å²) in [7, 11) is 1.58. The standard InChI is InChI=1S/C18H22ClN3O2/c1-5-12(3)21-18(23)13-7-14(10-20-9-13)22-16-6-11(2)15(19)8-17(16)24-4/h6-10,12,22H,5H2,1-4H3,(H,21,23). The van der Waals surface area contributed by atoms with Crippen LogP contribution in [-0.2, 0) is 0 Å². The third-order valence-electron chi connectivity index (χ3n) is 3.75. The van der Waals surface area contributed by atoms with E-state index in [0.29, 0.717) is 22.0 Å². The Hall–Kier alpha value is -2.27. The first kappa shape index (κ1) is 18.1. The van der Waals surface area contributed by atoms with Crippen LogP contribution in [0.2, 0.25) is 5.02 Å². The van der Waals surface area contributed by atoms with Crippen molar-refractivity contribution < 1.29 is 9.53 Å². The van der Waals surface area contributed by atoms with Crippen LogP contribution in [0.5, 0.6) is 5.75 Å². The molecule has 128 valence electrons. The van der Waals surface area contributed by atoms with Crippen LogP contribution in [0.3, 0.4) is 0 Å². The average Bonchev–Trinajstić information content (AvgIpc) is 2.58. The van der Waals surface area contributed by atoms with Crippen molar-refractivity contribution in [3.8, 4) is 5.75 Å². The Morgan fingerprint density at radius 1 is 1.33 bits per heavy atom. The van der Waals surface area contributed by atoms with Gasteiger partial charge in [0.05, 0.1) is 30.2 Å². The summed E-state index contributed by atoms with van der Waals surface area (Å²) in [5.41, 5.74) is 2.90. The number of methoxy groups -OCH3 is 1. The zero-order valence-electron chi connectivity index (χ0n) is 14.3. The second-order valence-corrected chi connectivity index (χ2v) is 6.08. The van der Waals surface area contributed by atoms with Crippen LogP contribution in [0.15, 0.2) is 30.6 Å². The summed E-state index contributed by atoms with van der Waals surface area (Å²) in [5.74, 6) is 0.486. The molecule has 1 aromatic heterocycles. The predicted octanol–water partition coefficient (Wildman–Crippen LogP) is 4.32. The third-order valence-corrected chi connectivity index (χ3v) is 4.16. The lowest BCUT2D eigenvalue weighted by Crippen LogP contribution is -2.31. The van der Waals surface area contributed by atoms with Crippen LogP contribution >= 0.6 is 11.6 Å². The molecule has 2 aromatic rings. The SMILES string of the molecule is CCC(C)NC(=O)c1cncc(Nc2cc(C)c(Cl)cc2OC)c1. The highest BCUT2D eigenvalue weighted by Crippen LogP contribution is 2.33. The molecule has 1 unspecified atom stereocenters. The van der Waals surface area contributed by atoms with E-state index < -0.39 is 0 Å². The van der Waals surface area contributed by atoms with Gasteiger partial charge in [-0.3, -0.25) is 9.78 Å². The van der Waals surface area contributed by atoms with Crippen LogP contribution in [0.25, 0.3) is 0 Å². The largest absolute Gasteiger partial charge is 0.495 e. The normalized spacial score (nSPS) is 11.7. The molecule has 0 bridgehead atoms. The van der Waals surface area contributed by atoms with E-state index in [-0.39, 0.29) is 11.9 Å². The summed E-state index contributed by atoms with van der Waals surface area (Å²) < 4.78 is 5.35. The molecule has 0 saturated heterocycles. The maximum atomic E-state index is 12.2. The topological polar surface area (TPSA) is 63.2 Å². The lowest BCUT2D eigenvalue weighted by Gasteiger charge is -2.14. The molecule has 0 aliphatic carbocycles. The number of nitrogens with zero attached hydrogens (tertiary/aromatic N) is 1. The Balaban J connectivity index is 2.24. The number of carbonyl (C=O) groups excluding carboxylic acids is 1. The first-order chi connectivity index (χ1) is 11.4. The molecule has 6 heteroatoms. The van der Waals surface area contributed by atoms with Crippen molar-refractivity contribution in [2.45, 2.75) is 33.2 Å². The van der Waals surface area contributed by atoms with Gasteiger partial charge in [-0.25, -0.2) is 0 Å². The fourth-order valence-corrected chi connectivity index (χ4v) is 2.28. The minimum absolute atomic E-state index is 0.119. The van der Waals surface area contributed by atoms with Gasteiger partial charge in [-0.2, -0.15) is 0 Å².